The summed E-state index contributed by atoms with van der Waals surface area (Å²) in [5.74, 6) is 0.828. The van der Waals surface area contributed by atoms with E-state index >= 15 is 0 Å². The second kappa shape index (κ2) is 3.96. The summed E-state index contributed by atoms with van der Waals surface area (Å²) < 4.78 is 0.987. The molecule has 1 atom stereocenters. The minimum atomic E-state index is 0.828. The van der Waals surface area contributed by atoms with Crippen LogP contribution in [-0.2, 0) is 0 Å². The molecule has 0 amide bonds. The van der Waals surface area contributed by atoms with Crippen LogP contribution in [0.5, 0.6) is 0 Å². The van der Waals surface area contributed by atoms with E-state index in [2.05, 4.69) is 32.7 Å². The first kappa shape index (κ1) is 9.46. The highest BCUT2D eigenvalue weighted by Gasteiger charge is 2.17. The maximum Gasteiger partial charge on any atom is 0.161 e. The molecule has 1 fully saturated rings. The van der Waals surface area contributed by atoms with Crippen LogP contribution in [0, 0.1) is 5.92 Å². The van der Waals surface area contributed by atoms with Gasteiger partial charge in [0.15, 0.2) is 3.92 Å². The molecule has 13 heavy (non-hydrogen) atoms. The molecule has 0 saturated carbocycles. The predicted molar refractivity (Wildman–Crippen MR) is 60.4 cm³/mol. The molecule has 0 aromatic carbocycles. The zero-order valence-corrected chi connectivity index (χ0v) is 10.1. The van der Waals surface area contributed by atoms with Gasteiger partial charge in [0.05, 0.1) is 6.20 Å². The van der Waals surface area contributed by atoms with Gasteiger partial charge in [-0.1, -0.05) is 18.3 Å². The Bertz CT molecular complexity index is 287. The molecule has 0 spiro atoms. The van der Waals surface area contributed by atoms with Crippen molar-refractivity contribution in [2.75, 3.05) is 18.0 Å². The van der Waals surface area contributed by atoms with E-state index in [9.17, 15) is 0 Å². The minimum Gasteiger partial charge on any atom is -0.362 e. The molecular weight excluding hydrogens is 248 g/mol. The van der Waals surface area contributed by atoms with Crippen LogP contribution < -0.4 is 4.90 Å². The van der Waals surface area contributed by atoms with Gasteiger partial charge in [-0.3, -0.25) is 0 Å². The lowest BCUT2D eigenvalue weighted by molar-refractivity contribution is 0.448. The predicted octanol–water partition coefficient (Wildman–Crippen LogP) is 3.14. The fourth-order valence-corrected chi connectivity index (χ4v) is 3.06. The van der Waals surface area contributed by atoms with Gasteiger partial charge >= 0.3 is 0 Å². The molecule has 0 N–H and O–H groups in total. The maximum atomic E-state index is 4.21. The molecule has 0 radical (unpaired) electrons. The van der Waals surface area contributed by atoms with Crippen molar-refractivity contribution in [2.45, 2.75) is 19.8 Å². The topological polar surface area (TPSA) is 16.1 Å². The Morgan fingerprint density at radius 3 is 3.15 bits per heavy atom. The lowest BCUT2D eigenvalue weighted by Gasteiger charge is -2.31. The normalized spacial score (nSPS) is 23.5. The maximum absolute atomic E-state index is 4.21. The molecule has 2 nitrogen and oxygen atoms in total. The van der Waals surface area contributed by atoms with Gasteiger partial charge in [0.2, 0.25) is 0 Å². The first-order valence-electron chi connectivity index (χ1n) is 4.62. The van der Waals surface area contributed by atoms with Crippen molar-refractivity contribution in [1.82, 2.24) is 4.98 Å². The Morgan fingerprint density at radius 2 is 2.54 bits per heavy atom. The first-order chi connectivity index (χ1) is 6.25. The molecular formula is C9H13BrN2S. The molecule has 1 aromatic rings. The number of piperidine rings is 1. The molecule has 72 valence electrons. The summed E-state index contributed by atoms with van der Waals surface area (Å²) in [5, 5.41) is 1.30. The number of anilines is 1. The van der Waals surface area contributed by atoms with Crippen LogP contribution in [0.1, 0.15) is 19.8 Å². The fourth-order valence-electron chi connectivity index (χ4n) is 1.78. The second-order valence-electron chi connectivity index (χ2n) is 3.64. The number of rotatable bonds is 1. The van der Waals surface area contributed by atoms with Crippen molar-refractivity contribution < 1.29 is 0 Å². The average molecular weight is 261 g/mol. The van der Waals surface area contributed by atoms with Crippen molar-refractivity contribution in [1.29, 1.82) is 0 Å². The Hall–Kier alpha value is -0.0900. The monoisotopic (exact) mass is 260 g/mol. The number of hydrogen-bond acceptors (Lipinski definition) is 3. The molecule has 1 aromatic heterocycles. The quantitative estimate of drug-likeness (QED) is 0.772. The number of halogens is 1. The molecule has 1 aliphatic heterocycles. The molecule has 1 aliphatic rings. The van der Waals surface area contributed by atoms with Crippen LogP contribution in [0.15, 0.2) is 10.1 Å². The van der Waals surface area contributed by atoms with Crippen LogP contribution in [0.4, 0.5) is 5.00 Å². The summed E-state index contributed by atoms with van der Waals surface area (Å²) in [5.41, 5.74) is 0. The number of hydrogen-bond donors (Lipinski definition) is 0. The Kier molecular flexibility index (Phi) is 2.89. The van der Waals surface area contributed by atoms with Crippen molar-refractivity contribution in [2.24, 2.45) is 5.92 Å². The summed E-state index contributed by atoms with van der Waals surface area (Å²) in [6, 6.07) is 0. The molecule has 1 unspecified atom stereocenters. The minimum absolute atomic E-state index is 0.828. The van der Waals surface area contributed by atoms with Gasteiger partial charge in [-0.2, -0.15) is 0 Å². The molecule has 0 bridgehead atoms. The van der Waals surface area contributed by atoms with E-state index < -0.39 is 0 Å². The number of nitrogens with zero attached hydrogens (tertiary/aromatic N) is 2. The van der Waals surface area contributed by atoms with E-state index in [4.69, 9.17) is 0 Å². The SMILES string of the molecule is CC1CCCN(c2cnc(Br)s2)C1. The smallest absolute Gasteiger partial charge is 0.161 e. The lowest BCUT2D eigenvalue weighted by atomic mass is 10.0. The van der Waals surface area contributed by atoms with Crippen molar-refractivity contribution in [3.63, 3.8) is 0 Å². The van der Waals surface area contributed by atoms with Crippen LogP contribution in [-0.4, -0.2) is 18.1 Å². The number of aromatic nitrogens is 1. The van der Waals surface area contributed by atoms with Crippen molar-refractivity contribution >= 4 is 32.3 Å². The van der Waals surface area contributed by atoms with E-state index in [-0.39, 0.29) is 0 Å². The van der Waals surface area contributed by atoms with Crippen LogP contribution in [0.2, 0.25) is 0 Å². The third-order valence-electron chi connectivity index (χ3n) is 2.43. The molecule has 2 heterocycles. The number of thiazole rings is 1. The highest BCUT2D eigenvalue weighted by molar-refractivity contribution is 9.11. The average Bonchev–Trinajstić information content (AvgIpc) is 2.52. The Morgan fingerprint density at radius 1 is 1.69 bits per heavy atom. The summed E-state index contributed by atoms with van der Waals surface area (Å²) in [6.07, 6.45) is 4.65. The van der Waals surface area contributed by atoms with E-state index in [1.165, 1.54) is 30.9 Å². The van der Waals surface area contributed by atoms with Crippen molar-refractivity contribution in [3.8, 4) is 0 Å². The van der Waals surface area contributed by atoms with Gasteiger partial charge in [0, 0.05) is 13.1 Å². The summed E-state index contributed by atoms with van der Waals surface area (Å²) in [7, 11) is 0. The van der Waals surface area contributed by atoms with Crippen LogP contribution in [0.3, 0.4) is 0 Å². The zero-order chi connectivity index (χ0) is 9.26. The zero-order valence-electron chi connectivity index (χ0n) is 7.66. The van der Waals surface area contributed by atoms with E-state index in [1.807, 2.05) is 6.20 Å². The van der Waals surface area contributed by atoms with Crippen LogP contribution in [0.25, 0.3) is 0 Å². The van der Waals surface area contributed by atoms with Gasteiger partial charge in [-0.15, -0.1) is 0 Å². The summed E-state index contributed by atoms with van der Waals surface area (Å²) in [4.78, 5) is 6.65. The standard InChI is InChI=1S/C9H13BrN2S/c1-7-3-2-4-12(6-7)8-5-11-9(10)13-8/h5,7H,2-4,6H2,1H3. The van der Waals surface area contributed by atoms with Gasteiger partial charge in [-0.05, 0) is 34.7 Å². The fraction of sp³-hybridized carbons (Fsp3) is 0.667. The second-order valence-corrected chi connectivity index (χ2v) is 5.93. The van der Waals surface area contributed by atoms with E-state index in [0.717, 1.165) is 9.83 Å². The highest BCUT2D eigenvalue weighted by Crippen LogP contribution is 2.30. The largest absolute Gasteiger partial charge is 0.362 e. The van der Waals surface area contributed by atoms with E-state index in [0.29, 0.717) is 0 Å². The van der Waals surface area contributed by atoms with Crippen LogP contribution >= 0.6 is 27.3 Å². The lowest BCUT2D eigenvalue weighted by Crippen LogP contribution is -2.33. The molecule has 1 saturated heterocycles. The third kappa shape index (κ3) is 2.23. The highest BCUT2D eigenvalue weighted by atomic mass is 79.9. The first-order valence-corrected chi connectivity index (χ1v) is 6.23. The molecule has 4 heteroatoms. The van der Waals surface area contributed by atoms with Crippen molar-refractivity contribution in [3.05, 3.63) is 10.1 Å². The third-order valence-corrected chi connectivity index (χ3v) is 3.97. The van der Waals surface area contributed by atoms with Gasteiger partial charge in [0.25, 0.3) is 0 Å². The van der Waals surface area contributed by atoms with Gasteiger partial charge in [0.1, 0.15) is 5.00 Å². The summed E-state index contributed by atoms with van der Waals surface area (Å²) in [6.45, 7) is 4.70. The Balaban J connectivity index is 2.08. The Labute approximate surface area is 91.1 Å². The molecule has 0 aliphatic carbocycles. The molecule has 2 rings (SSSR count). The summed E-state index contributed by atoms with van der Waals surface area (Å²) >= 11 is 5.12. The van der Waals surface area contributed by atoms with Gasteiger partial charge < -0.3 is 4.90 Å². The van der Waals surface area contributed by atoms with E-state index in [1.54, 1.807) is 11.3 Å². The van der Waals surface area contributed by atoms with Gasteiger partial charge in [-0.25, -0.2) is 4.98 Å².